The van der Waals surface area contributed by atoms with Crippen molar-refractivity contribution in [1.29, 1.82) is 15.8 Å². The number of rotatable bonds is 3. The smallest absolute Gasteiger partial charge is 0.423 e. The largest absolute Gasteiger partial charge is 0.491 e. The van der Waals surface area contributed by atoms with Crippen LogP contribution in [0, 0.1) is 34.0 Å². The van der Waals surface area contributed by atoms with Crippen molar-refractivity contribution >= 4 is 56.2 Å². The summed E-state index contributed by atoms with van der Waals surface area (Å²) in [4.78, 5) is 0. The first-order valence-electron chi connectivity index (χ1n) is 12.9. The van der Waals surface area contributed by atoms with E-state index in [2.05, 4.69) is 18.2 Å². The standard InChI is InChI=1S/C33H18BN5O2/c35-17-24-31(34(40)41)25(18-36)33(39-29-15-7-3-11-22(29)23-12-4-8-16-30(23)39)26(19-37)32(24)38-27-13-5-1-9-20(27)21-10-2-6-14-28(21)38/h1-16,40-41H. The minimum atomic E-state index is -2.15. The number of nitriles is 3. The number of hydrogen-bond acceptors (Lipinski definition) is 5. The van der Waals surface area contributed by atoms with Crippen LogP contribution in [0.5, 0.6) is 0 Å². The first-order chi connectivity index (χ1) is 20.1. The van der Waals surface area contributed by atoms with Gasteiger partial charge in [-0.15, -0.1) is 0 Å². The fourth-order valence-electron chi connectivity index (χ4n) is 6.11. The molecule has 0 radical (unpaired) electrons. The highest BCUT2D eigenvalue weighted by molar-refractivity contribution is 6.60. The molecule has 7 rings (SSSR count). The van der Waals surface area contributed by atoms with Gasteiger partial charge in [-0.3, -0.25) is 0 Å². The SMILES string of the molecule is N#Cc1c(B(O)O)c(C#N)c(-n2c3ccccc3c3ccccc32)c(C#N)c1-n1c2ccccc2c2ccccc21. The highest BCUT2D eigenvalue weighted by Gasteiger charge is 2.33. The van der Waals surface area contributed by atoms with Crippen LogP contribution < -0.4 is 5.46 Å². The lowest BCUT2D eigenvalue weighted by Gasteiger charge is -2.21. The number of aromatic nitrogens is 2. The molecule has 2 aromatic heterocycles. The molecule has 8 heteroatoms. The fourth-order valence-corrected chi connectivity index (χ4v) is 6.11. The van der Waals surface area contributed by atoms with Gasteiger partial charge < -0.3 is 19.2 Å². The van der Waals surface area contributed by atoms with Crippen LogP contribution in [0.3, 0.4) is 0 Å². The van der Waals surface area contributed by atoms with Crippen LogP contribution in [0.4, 0.5) is 0 Å². The molecule has 0 amide bonds. The van der Waals surface area contributed by atoms with Crippen LogP contribution in [0.2, 0.25) is 0 Å². The first-order valence-corrected chi connectivity index (χ1v) is 12.9. The predicted molar refractivity (Wildman–Crippen MR) is 159 cm³/mol. The predicted octanol–water partition coefficient (Wildman–Crippen LogP) is 5.18. The van der Waals surface area contributed by atoms with Gasteiger partial charge in [0.05, 0.1) is 44.6 Å². The van der Waals surface area contributed by atoms with E-state index in [-0.39, 0.29) is 33.5 Å². The molecule has 7 nitrogen and oxygen atoms in total. The monoisotopic (exact) mass is 527 g/mol. The second-order valence-corrected chi connectivity index (χ2v) is 9.68. The summed E-state index contributed by atoms with van der Waals surface area (Å²) in [5.74, 6) is 0. The lowest BCUT2D eigenvalue weighted by atomic mass is 9.72. The van der Waals surface area contributed by atoms with Crippen molar-refractivity contribution in [3.05, 3.63) is 114 Å². The van der Waals surface area contributed by atoms with Crippen LogP contribution in [0.15, 0.2) is 97.1 Å². The van der Waals surface area contributed by atoms with E-state index in [1.54, 1.807) is 0 Å². The van der Waals surface area contributed by atoms with Gasteiger partial charge in [0.15, 0.2) is 0 Å². The van der Waals surface area contributed by atoms with E-state index < -0.39 is 7.12 Å². The molecule has 41 heavy (non-hydrogen) atoms. The van der Waals surface area contributed by atoms with Crippen molar-refractivity contribution in [1.82, 2.24) is 9.13 Å². The highest BCUT2D eigenvalue weighted by atomic mass is 16.4. The van der Waals surface area contributed by atoms with Crippen LogP contribution in [0.25, 0.3) is 55.0 Å². The maximum atomic E-state index is 10.8. The van der Waals surface area contributed by atoms with Gasteiger partial charge in [-0.1, -0.05) is 72.8 Å². The van der Waals surface area contributed by atoms with Crippen molar-refractivity contribution in [2.45, 2.75) is 0 Å². The van der Waals surface area contributed by atoms with Gasteiger partial charge in [-0.2, -0.15) is 15.8 Å². The van der Waals surface area contributed by atoms with E-state index in [9.17, 15) is 25.8 Å². The second-order valence-electron chi connectivity index (χ2n) is 9.68. The Kier molecular flexibility index (Phi) is 5.39. The number of para-hydroxylation sites is 4. The average Bonchev–Trinajstić information content (AvgIpc) is 3.52. The minimum Gasteiger partial charge on any atom is -0.423 e. The zero-order valence-corrected chi connectivity index (χ0v) is 21.4. The molecule has 0 aliphatic rings. The average molecular weight is 527 g/mol. The molecule has 0 aliphatic carbocycles. The molecule has 0 unspecified atom stereocenters. The van der Waals surface area contributed by atoms with Gasteiger partial charge in [0, 0.05) is 27.0 Å². The zero-order chi connectivity index (χ0) is 28.2. The third-order valence-electron chi connectivity index (χ3n) is 7.69. The van der Waals surface area contributed by atoms with Gasteiger partial charge in [0.25, 0.3) is 0 Å². The van der Waals surface area contributed by atoms with Crippen molar-refractivity contribution in [2.75, 3.05) is 0 Å². The third-order valence-corrected chi connectivity index (χ3v) is 7.69. The summed E-state index contributed by atoms with van der Waals surface area (Å²) >= 11 is 0. The lowest BCUT2D eigenvalue weighted by molar-refractivity contribution is 0.425. The fraction of sp³-hybridized carbons (Fsp3) is 0. The Morgan fingerprint density at radius 3 is 1.02 bits per heavy atom. The van der Waals surface area contributed by atoms with E-state index in [1.807, 2.05) is 106 Å². The number of fused-ring (bicyclic) bond motifs is 6. The van der Waals surface area contributed by atoms with Crippen LogP contribution in [-0.2, 0) is 0 Å². The Labute approximate surface area is 234 Å². The molecule has 2 N–H and O–H groups in total. The number of nitrogens with zero attached hydrogens (tertiary/aromatic N) is 5. The molecule has 0 aliphatic heterocycles. The Bertz CT molecular complexity index is 2090. The normalized spacial score (nSPS) is 11.1. The molecule has 7 aromatic rings. The molecule has 0 bridgehead atoms. The summed E-state index contributed by atoms with van der Waals surface area (Å²) < 4.78 is 3.62. The summed E-state index contributed by atoms with van der Waals surface area (Å²) in [6, 6.07) is 37.1. The van der Waals surface area contributed by atoms with E-state index in [0.29, 0.717) is 0 Å². The Morgan fingerprint density at radius 1 is 0.463 bits per heavy atom. The summed E-state index contributed by atoms with van der Waals surface area (Å²) in [6.45, 7) is 0. The summed E-state index contributed by atoms with van der Waals surface area (Å²) in [5.41, 5.74) is 2.83. The maximum Gasteiger partial charge on any atom is 0.491 e. The quantitative estimate of drug-likeness (QED) is 0.307. The number of benzene rings is 5. The van der Waals surface area contributed by atoms with Gasteiger partial charge in [0.2, 0.25) is 0 Å². The topological polar surface area (TPSA) is 122 Å². The van der Waals surface area contributed by atoms with Gasteiger partial charge in [-0.25, -0.2) is 0 Å². The van der Waals surface area contributed by atoms with Crippen LogP contribution in [-0.4, -0.2) is 26.3 Å². The third kappa shape index (κ3) is 3.26. The summed E-state index contributed by atoms with van der Waals surface area (Å²) in [6.07, 6.45) is 0. The summed E-state index contributed by atoms with van der Waals surface area (Å²) in [7, 11) is -2.15. The molecule has 0 spiro atoms. The van der Waals surface area contributed by atoms with Crippen molar-refractivity contribution < 1.29 is 10.0 Å². The molecule has 190 valence electrons. The van der Waals surface area contributed by atoms with Crippen molar-refractivity contribution in [2.24, 2.45) is 0 Å². The molecule has 0 saturated heterocycles. The van der Waals surface area contributed by atoms with E-state index in [0.717, 1.165) is 43.6 Å². The van der Waals surface area contributed by atoms with E-state index in [4.69, 9.17) is 0 Å². The first kappa shape index (κ1) is 24.2. The molecule has 5 aromatic carbocycles. The van der Waals surface area contributed by atoms with Crippen molar-refractivity contribution in [3.8, 4) is 29.6 Å². The molecular formula is C33H18BN5O2. The van der Waals surface area contributed by atoms with Gasteiger partial charge in [0.1, 0.15) is 23.8 Å². The van der Waals surface area contributed by atoms with Gasteiger partial charge in [-0.05, 0) is 24.3 Å². The molecule has 2 heterocycles. The van der Waals surface area contributed by atoms with E-state index in [1.165, 1.54) is 0 Å². The minimum absolute atomic E-state index is 0.0699. The maximum absolute atomic E-state index is 10.8. The lowest BCUT2D eigenvalue weighted by Crippen LogP contribution is -2.37. The van der Waals surface area contributed by atoms with Crippen molar-refractivity contribution in [3.63, 3.8) is 0 Å². The number of hydrogen-bond donors (Lipinski definition) is 2. The molecule has 0 fully saturated rings. The van der Waals surface area contributed by atoms with E-state index >= 15 is 0 Å². The Hall–Kier alpha value is -5.85. The molecule has 0 saturated carbocycles. The Morgan fingerprint density at radius 2 is 0.756 bits per heavy atom. The molecule has 0 atom stereocenters. The molecular weight excluding hydrogens is 509 g/mol. The highest BCUT2D eigenvalue weighted by Crippen LogP contribution is 2.39. The van der Waals surface area contributed by atoms with Gasteiger partial charge >= 0.3 is 7.12 Å². The summed E-state index contributed by atoms with van der Waals surface area (Å²) in [5, 5.41) is 56.8. The van der Waals surface area contributed by atoms with Crippen LogP contribution >= 0.6 is 0 Å². The Balaban J connectivity index is 1.79. The second kappa shape index (κ2) is 9.12. The zero-order valence-electron chi connectivity index (χ0n) is 21.4. The van der Waals surface area contributed by atoms with Crippen LogP contribution in [0.1, 0.15) is 16.7 Å².